The van der Waals surface area contributed by atoms with Crippen molar-refractivity contribution >= 4 is 0 Å². The lowest BCUT2D eigenvalue weighted by Crippen LogP contribution is -2.39. The highest BCUT2D eigenvalue weighted by Gasteiger charge is 2.31. The monoisotopic (exact) mass is 324 g/mol. The van der Waals surface area contributed by atoms with E-state index in [9.17, 15) is 0 Å². The molecule has 0 N–H and O–H groups in total. The van der Waals surface area contributed by atoms with Crippen molar-refractivity contribution in [1.82, 2.24) is 9.80 Å². The SMILES string of the molecule is CC(Oc1ccc2c(c1)CN(C)C(C)C2c1ccccc1)N(C)C. The van der Waals surface area contributed by atoms with Gasteiger partial charge in [0.15, 0.2) is 0 Å². The zero-order chi connectivity index (χ0) is 17.3. The van der Waals surface area contributed by atoms with Gasteiger partial charge in [-0.3, -0.25) is 9.80 Å². The molecule has 1 aliphatic rings. The Morgan fingerprint density at radius 2 is 1.83 bits per heavy atom. The molecule has 1 heterocycles. The van der Waals surface area contributed by atoms with Crippen LogP contribution in [0.5, 0.6) is 5.75 Å². The summed E-state index contributed by atoms with van der Waals surface area (Å²) in [4.78, 5) is 4.50. The van der Waals surface area contributed by atoms with Gasteiger partial charge in [-0.05, 0) is 63.8 Å². The fourth-order valence-corrected chi connectivity index (χ4v) is 3.44. The lowest BCUT2D eigenvalue weighted by atomic mass is 9.80. The molecule has 2 aromatic carbocycles. The Kier molecular flexibility index (Phi) is 4.93. The van der Waals surface area contributed by atoms with Crippen LogP contribution in [0.4, 0.5) is 0 Å². The van der Waals surface area contributed by atoms with Crippen LogP contribution in [0, 0.1) is 0 Å². The molecule has 3 nitrogen and oxygen atoms in total. The summed E-state index contributed by atoms with van der Waals surface area (Å²) in [5, 5.41) is 0. The van der Waals surface area contributed by atoms with E-state index in [0.29, 0.717) is 12.0 Å². The molecular weight excluding hydrogens is 296 g/mol. The third-order valence-electron chi connectivity index (χ3n) is 5.24. The third-order valence-corrected chi connectivity index (χ3v) is 5.24. The first-order chi connectivity index (χ1) is 11.5. The molecule has 3 rings (SSSR count). The number of nitrogens with zero attached hydrogens (tertiary/aromatic N) is 2. The van der Waals surface area contributed by atoms with Crippen molar-refractivity contribution in [3.8, 4) is 5.75 Å². The Hall–Kier alpha value is -1.84. The van der Waals surface area contributed by atoms with Gasteiger partial charge in [-0.25, -0.2) is 0 Å². The van der Waals surface area contributed by atoms with Crippen molar-refractivity contribution in [2.45, 2.75) is 38.6 Å². The molecule has 3 atom stereocenters. The fourth-order valence-electron chi connectivity index (χ4n) is 3.44. The maximum absolute atomic E-state index is 6.05. The fraction of sp³-hybridized carbons (Fsp3) is 0.429. The van der Waals surface area contributed by atoms with Crippen LogP contribution in [0.2, 0.25) is 0 Å². The van der Waals surface area contributed by atoms with Crippen molar-refractivity contribution in [3.05, 3.63) is 65.2 Å². The van der Waals surface area contributed by atoms with Crippen LogP contribution in [0.15, 0.2) is 48.5 Å². The predicted molar refractivity (Wildman–Crippen MR) is 99.4 cm³/mol. The van der Waals surface area contributed by atoms with E-state index >= 15 is 0 Å². The maximum Gasteiger partial charge on any atom is 0.149 e. The standard InChI is InChI=1S/C21H28N2O/c1-15-21(17-9-7-6-8-10-17)20-12-11-19(24-16(2)22(3)4)13-18(20)14-23(15)5/h6-13,15-16,21H,14H2,1-5H3. The first-order valence-electron chi connectivity index (χ1n) is 8.68. The molecule has 0 saturated heterocycles. The zero-order valence-electron chi connectivity index (χ0n) is 15.4. The summed E-state index contributed by atoms with van der Waals surface area (Å²) >= 11 is 0. The molecule has 0 bridgehead atoms. The zero-order valence-corrected chi connectivity index (χ0v) is 15.4. The molecule has 128 valence electrons. The number of likely N-dealkylation sites (N-methyl/N-ethyl adjacent to an activating group) is 1. The Labute approximate surface area is 145 Å². The Bertz CT molecular complexity index is 683. The van der Waals surface area contributed by atoms with Crippen LogP contribution in [-0.2, 0) is 6.54 Å². The van der Waals surface area contributed by atoms with Gasteiger partial charge in [-0.15, -0.1) is 0 Å². The minimum absolute atomic E-state index is 0.0632. The van der Waals surface area contributed by atoms with Gasteiger partial charge >= 0.3 is 0 Å². The first-order valence-corrected chi connectivity index (χ1v) is 8.68. The van der Waals surface area contributed by atoms with E-state index in [-0.39, 0.29) is 6.23 Å². The predicted octanol–water partition coefficient (Wildman–Crippen LogP) is 3.94. The van der Waals surface area contributed by atoms with Crippen molar-refractivity contribution in [3.63, 3.8) is 0 Å². The van der Waals surface area contributed by atoms with Crippen LogP contribution in [0.25, 0.3) is 0 Å². The summed E-state index contributed by atoms with van der Waals surface area (Å²) in [5.41, 5.74) is 4.18. The molecule has 2 aromatic rings. The highest BCUT2D eigenvalue weighted by Crippen LogP contribution is 2.38. The van der Waals surface area contributed by atoms with Gasteiger partial charge in [0, 0.05) is 18.5 Å². The first kappa shape index (κ1) is 17.0. The number of benzene rings is 2. The van der Waals surface area contributed by atoms with Crippen LogP contribution in [0.3, 0.4) is 0 Å². The Balaban J connectivity index is 1.96. The van der Waals surface area contributed by atoms with E-state index < -0.39 is 0 Å². The molecule has 0 aliphatic carbocycles. The number of ether oxygens (including phenoxy) is 1. The van der Waals surface area contributed by atoms with Crippen molar-refractivity contribution in [1.29, 1.82) is 0 Å². The third kappa shape index (κ3) is 3.33. The van der Waals surface area contributed by atoms with Gasteiger partial charge in [0.05, 0.1) is 0 Å². The van der Waals surface area contributed by atoms with Gasteiger partial charge < -0.3 is 4.74 Å². The van der Waals surface area contributed by atoms with Gasteiger partial charge in [-0.1, -0.05) is 36.4 Å². The van der Waals surface area contributed by atoms with Crippen molar-refractivity contribution in [2.24, 2.45) is 0 Å². The minimum atomic E-state index is 0.0632. The summed E-state index contributed by atoms with van der Waals surface area (Å²) in [6, 6.07) is 17.9. The highest BCUT2D eigenvalue weighted by molar-refractivity contribution is 5.45. The van der Waals surface area contributed by atoms with E-state index in [4.69, 9.17) is 4.74 Å². The molecule has 24 heavy (non-hydrogen) atoms. The molecule has 3 unspecified atom stereocenters. The molecule has 0 radical (unpaired) electrons. The average molecular weight is 324 g/mol. The van der Waals surface area contributed by atoms with Gasteiger partial charge in [-0.2, -0.15) is 0 Å². The van der Waals surface area contributed by atoms with E-state index in [1.54, 1.807) is 0 Å². The summed E-state index contributed by atoms with van der Waals surface area (Å²) in [7, 11) is 6.27. The second-order valence-corrected chi connectivity index (χ2v) is 7.09. The average Bonchev–Trinajstić information content (AvgIpc) is 2.57. The summed E-state index contributed by atoms with van der Waals surface area (Å²) in [6.07, 6.45) is 0.0632. The van der Waals surface area contributed by atoms with E-state index in [1.165, 1.54) is 16.7 Å². The number of hydrogen-bond acceptors (Lipinski definition) is 3. The highest BCUT2D eigenvalue weighted by atomic mass is 16.5. The van der Waals surface area contributed by atoms with E-state index in [2.05, 4.69) is 79.2 Å². The lowest BCUT2D eigenvalue weighted by molar-refractivity contribution is 0.0812. The van der Waals surface area contributed by atoms with E-state index in [1.807, 2.05) is 14.1 Å². The van der Waals surface area contributed by atoms with Crippen molar-refractivity contribution in [2.75, 3.05) is 21.1 Å². The normalized spacial score (nSPS) is 22.2. The van der Waals surface area contributed by atoms with Crippen LogP contribution in [0.1, 0.15) is 36.5 Å². The molecule has 0 aromatic heterocycles. The van der Waals surface area contributed by atoms with Crippen molar-refractivity contribution < 1.29 is 4.74 Å². The largest absolute Gasteiger partial charge is 0.475 e. The van der Waals surface area contributed by atoms with Gasteiger partial charge in [0.25, 0.3) is 0 Å². The summed E-state index contributed by atoms with van der Waals surface area (Å²) in [6.45, 7) is 5.35. The molecule has 3 heteroatoms. The van der Waals surface area contributed by atoms with E-state index in [0.717, 1.165) is 12.3 Å². The Morgan fingerprint density at radius 3 is 2.50 bits per heavy atom. The molecular formula is C21H28N2O. The van der Waals surface area contributed by atoms with Gasteiger partial charge in [0.1, 0.15) is 12.0 Å². The molecule has 0 spiro atoms. The molecule has 0 amide bonds. The van der Waals surface area contributed by atoms with Crippen LogP contribution >= 0.6 is 0 Å². The van der Waals surface area contributed by atoms with Gasteiger partial charge in [0.2, 0.25) is 0 Å². The molecule has 0 saturated carbocycles. The second-order valence-electron chi connectivity index (χ2n) is 7.09. The maximum atomic E-state index is 6.05. The van der Waals surface area contributed by atoms with Crippen LogP contribution < -0.4 is 4.74 Å². The number of fused-ring (bicyclic) bond motifs is 1. The molecule has 0 fully saturated rings. The van der Waals surface area contributed by atoms with Crippen LogP contribution in [-0.4, -0.2) is 43.2 Å². The summed E-state index contributed by atoms with van der Waals surface area (Å²) < 4.78 is 6.05. The number of rotatable bonds is 4. The smallest absolute Gasteiger partial charge is 0.149 e. The lowest BCUT2D eigenvalue weighted by Gasteiger charge is -2.39. The Morgan fingerprint density at radius 1 is 1.12 bits per heavy atom. The minimum Gasteiger partial charge on any atom is -0.475 e. The second kappa shape index (κ2) is 6.96. The summed E-state index contributed by atoms with van der Waals surface area (Å²) in [5.74, 6) is 1.35. The quantitative estimate of drug-likeness (QED) is 0.792. The molecule has 1 aliphatic heterocycles. The topological polar surface area (TPSA) is 15.7 Å². The number of hydrogen-bond donors (Lipinski definition) is 0.